The number of nitrogens with one attached hydrogen (secondary N) is 1. The molecular weight excluding hydrogens is 445 g/mol. The van der Waals surface area contributed by atoms with Gasteiger partial charge < -0.3 is 9.73 Å². The van der Waals surface area contributed by atoms with E-state index in [4.69, 9.17) is 4.42 Å². The zero-order valence-electron chi connectivity index (χ0n) is 13.6. The lowest BCUT2D eigenvalue weighted by Gasteiger charge is -2.13. The maximum atomic E-state index is 13.0. The van der Waals surface area contributed by atoms with Crippen molar-refractivity contribution in [1.29, 1.82) is 0 Å². The van der Waals surface area contributed by atoms with Gasteiger partial charge in [-0.2, -0.15) is 13.2 Å². The molecule has 0 aliphatic rings. The van der Waals surface area contributed by atoms with E-state index in [1.807, 2.05) is 24.3 Å². The third-order valence-corrected chi connectivity index (χ3v) is 4.82. The highest BCUT2D eigenvalue weighted by Crippen LogP contribution is 2.34. The zero-order valence-corrected chi connectivity index (χ0v) is 16.0. The number of rotatable bonds is 5. The molecule has 0 saturated carbocycles. The number of nitrogens with zero attached hydrogens (tertiary/aromatic N) is 1. The van der Waals surface area contributed by atoms with E-state index in [0.717, 1.165) is 27.9 Å². The van der Waals surface area contributed by atoms with Crippen LogP contribution in [0.15, 0.2) is 68.8 Å². The van der Waals surface area contributed by atoms with Crippen molar-refractivity contribution in [2.75, 3.05) is 11.1 Å². The largest absolute Gasteiger partial charge is 0.431 e. The van der Waals surface area contributed by atoms with Crippen molar-refractivity contribution in [3.63, 3.8) is 0 Å². The summed E-state index contributed by atoms with van der Waals surface area (Å²) in [5.41, 5.74) is -0.350. The molecule has 0 atom stereocenters. The fourth-order valence-electron chi connectivity index (χ4n) is 2.23. The van der Waals surface area contributed by atoms with E-state index in [1.165, 1.54) is 24.4 Å². The molecule has 3 rings (SSSR count). The highest BCUT2D eigenvalue weighted by molar-refractivity contribution is 9.10. The number of carbonyl (C=O) groups is 1. The molecule has 27 heavy (non-hydrogen) atoms. The maximum absolute atomic E-state index is 13.0. The summed E-state index contributed by atoms with van der Waals surface area (Å²) in [6.07, 6.45) is -3.01. The second-order valence-electron chi connectivity index (χ2n) is 5.38. The van der Waals surface area contributed by atoms with Gasteiger partial charge in [0, 0.05) is 10.0 Å². The van der Waals surface area contributed by atoms with Crippen LogP contribution in [0.4, 0.5) is 18.9 Å². The number of carbonyl (C=O) groups excluding carboxylic acids is 1. The first kappa shape index (κ1) is 19.5. The molecule has 0 fully saturated rings. The van der Waals surface area contributed by atoms with Gasteiger partial charge in [-0.15, -0.1) is 0 Å². The highest BCUT2D eigenvalue weighted by Gasteiger charge is 2.33. The van der Waals surface area contributed by atoms with Crippen LogP contribution in [0.1, 0.15) is 5.56 Å². The first-order chi connectivity index (χ1) is 12.8. The van der Waals surface area contributed by atoms with E-state index < -0.39 is 17.6 Å². The van der Waals surface area contributed by atoms with E-state index in [0.29, 0.717) is 5.76 Å². The Labute approximate surface area is 165 Å². The molecule has 2 aromatic carbocycles. The topological polar surface area (TPSA) is 55.1 Å². The second kappa shape index (κ2) is 8.18. The monoisotopic (exact) mass is 456 g/mol. The van der Waals surface area contributed by atoms with E-state index in [-0.39, 0.29) is 16.7 Å². The molecule has 0 unspecified atom stereocenters. The van der Waals surface area contributed by atoms with Crippen LogP contribution in [0.25, 0.3) is 11.3 Å². The van der Waals surface area contributed by atoms with E-state index in [1.54, 1.807) is 0 Å². The van der Waals surface area contributed by atoms with Crippen molar-refractivity contribution >= 4 is 39.3 Å². The van der Waals surface area contributed by atoms with Crippen molar-refractivity contribution in [2.24, 2.45) is 0 Å². The van der Waals surface area contributed by atoms with Gasteiger partial charge in [0.25, 0.3) is 5.22 Å². The minimum atomic E-state index is -4.54. The van der Waals surface area contributed by atoms with Gasteiger partial charge in [-0.05, 0) is 24.3 Å². The van der Waals surface area contributed by atoms with Crippen molar-refractivity contribution in [1.82, 2.24) is 4.98 Å². The Morgan fingerprint density at radius 2 is 1.85 bits per heavy atom. The number of amides is 1. The number of aromatic nitrogens is 1. The van der Waals surface area contributed by atoms with Crippen LogP contribution in [-0.4, -0.2) is 16.6 Å². The number of anilines is 1. The van der Waals surface area contributed by atoms with Gasteiger partial charge in [-0.1, -0.05) is 52.0 Å². The van der Waals surface area contributed by atoms with E-state index >= 15 is 0 Å². The maximum Gasteiger partial charge on any atom is 0.418 e. The zero-order chi connectivity index (χ0) is 19.4. The second-order valence-corrected chi connectivity index (χ2v) is 7.22. The van der Waals surface area contributed by atoms with Crippen LogP contribution in [-0.2, 0) is 11.0 Å². The molecule has 1 heterocycles. The summed E-state index contributed by atoms with van der Waals surface area (Å²) < 4.78 is 45.4. The summed E-state index contributed by atoms with van der Waals surface area (Å²) in [5, 5.41) is 2.53. The van der Waals surface area contributed by atoms with Gasteiger partial charge in [0.1, 0.15) is 0 Å². The Balaban J connectivity index is 1.61. The summed E-state index contributed by atoms with van der Waals surface area (Å²) in [5.74, 6) is -0.181. The summed E-state index contributed by atoms with van der Waals surface area (Å²) >= 11 is 4.34. The molecule has 1 aromatic heterocycles. The number of oxazole rings is 1. The summed E-state index contributed by atoms with van der Waals surface area (Å²) in [4.78, 5) is 16.1. The van der Waals surface area contributed by atoms with Crippen molar-refractivity contribution in [2.45, 2.75) is 11.4 Å². The number of para-hydroxylation sites is 1. The smallest absolute Gasteiger partial charge is 0.418 e. The molecule has 1 N–H and O–H groups in total. The third-order valence-electron chi connectivity index (χ3n) is 3.45. The van der Waals surface area contributed by atoms with Crippen LogP contribution in [0, 0.1) is 0 Å². The molecule has 0 radical (unpaired) electrons. The van der Waals surface area contributed by atoms with Crippen molar-refractivity contribution in [3.8, 4) is 11.3 Å². The first-order valence-corrected chi connectivity index (χ1v) is 9.41. The Kier molecular flexibility index (Phi) is 5.91. The Hall–Kier alpha value is -2.26. The number of hydrogen-bond donors (Lipinski definition) is 1. The predicted octanol–water partition coefficient (Wildman–Crippen LogP) is 5.85. The van der Waals surface area contributed by atoms with Crippen LogP contribution in [0.3, 0.4) is 0 Å². The molecule has 0 saturated heterocycles. The van der Waals surface area contributed by atoms with Gasteiger partial charge in [0.15, 0.2) is 5.76 Å². The lowest BCUT2D eigenvalue weighted by atomic mass is 10.1. The summed E-state index contributed by atoms with van der Waals surface area (Å²) in [7, 11) is 0. The summed E-state index contributed by atoms with van der Waals surface area (Å²) in [6, 6.07) is 12.2. The molecule has 0 bridgehead atoms. The number of thioether (sulfide) groups is 1. The molecule has 140 valence electrons. The molecule has 0 aliphatic carbocycles. The standard InChI is InChI=1S/C18H12BrF3N2O2S/c19-12-7-5-11(6-8-12)15-9-23-17(26-15)27-10-16(25)24-14-4-2-1-3-13(14)18(20,21)22/h1-9H,10H2,(H,24,25). The van der Waals surface area contributed by atoms with Gasteiger partial charge in [-0.3, -0.25) is 4.79 Å². The SMILES string of the molecule is O=C(CSc1ncc(-c2ccc(Br)cc2)o1)Nc1ccccc1C(F)(F)F. The fraction of sp³-hybridized carbons (Fsp3) is 0.111. The Bertz CT molecular complexity index is 942. The Morgan fingerprint density at radius 3 is 2.56 bits per heavy atom. The van der Waals surface area contributed by atoms with Gasteiger partial charge >= 0.3 is 6.18 Å². The summed E-state index contributed by atoms with van der Waals surface area (Å²) in [6.45, 7) is 0. The number of alkyl halides is 3. The molecule has 3 aromatic rings. The number of halogens is 4. The quantitative estimate of drug-likeness (QED) is 0.489. The number of benzene rings is 2. The molecule has 0 spiro atoms. The fourth-order valence-corrected chi connectivity index (χ4v) is 3.09. The lowest BCUT2D eigenvalue weighted by molar-refractivity contribution is -0.137. The Morgan fingerprint density at radius 1 is 1.15 bits per heavy atom. The molecule has 9 heteroatoms. The molecule has 1 amide bonds. The van der Waals surface area contributed by atoms with Gasteiger partial charge in [0.05, 0.1) is 23.2 Å². The van der Waals surface area contributed by atoms with Crippen LogP contribution >= 0.6 is 27.7 Å². The normalized spacial score (nSPS) is 11.4. The molecule has 4 nitrogen and oxygen atoms in total. The van der Waals surface area contributed by atoms with Gasteiger partial charge in [0.2, 0.25) is 5.91 Å². The number of hydrogen-bond acceptors (Lipinski definition) is 4. The van der Waals surface area contributed by atoms with E-state index in [2.05, 4.69) is 26.2 Å². The molecular formula is C18H12BrF3N2O2S. The minimum Gasteiger partial charge on any atom is -0.431 e. The first-order valence-electron chi connectivity index (χ1n) is 7.63. The van der Waals surface area contributed by atoms with E-state index in [9.17, 15) is 18.0 Å². The van der Waals surface area contributed by atoms with Crippen LogP contribution < -0.4 is 5.32 Å². The lowest BCUT2D eigenvalue weighted by Crippen LogP contribution is -2.18. The average Bonchev–Trinajstić information content (AvgIpc) is 3.09. The van der Waals surface area contributed by atoms with Gasteiger partial charge in [-0.25, -0.2) is 4.98 Å². The predicted molar refractivity (Wildman–Crippen MR) is 100 cm³/mol. The van der Waals surface area contributed by atoms with Crippen molar-refractivity contribution < 1.29 is 22.4 Å². The van der Waals surface area contributed by atoms with Crippen LogP contribution in [0.2, 0.25) is 0 Å². The average molecular weight is 457 g/mol. The minimum absolute atomic E-state index is 0.132. The van der Waals surface area contributed by atoms with Crippen molar-refractivity contribution in [3.05, 3.63) is 64.8 Å². The molecule has 0 aliphatic heterocycles. The highest BCUT2D eigenvalue weighted by atomic mass is 79.9. The van der Waals surface area contributed by atoms with Crippen LogP contribution in [0.5, 0.6) is 0 Å². The third kappa shape index (κ3) is 5.14.